The van der Waals surface area contributed by atoms with Gasteiger partial charge in [-0.05, 0) is 13.8 Å². The predicted octanol–water partition coefficient (Wildman–Crippen LogP) is 1.40. The van der Waals surface area contributed by atoms with Gasteiger partial charge in [0.05, 0.1) is 12.0 Å². The van der Waals surface area contributed by atoms with Gasteiger partial charge in [0.25, 0.3) is 19.1 Å². The van der Waals surface area contributed by atoms with Crippen LogP contribution in [0, 0.1) is 6.92 Å². The van der Waals surface area contributed by atoms with E-state index in [1.165, 1.54) is 19.4 Å². The normalized spacial score (nSPS) is 12.5. The Morgan fingerprint density at radius 2 is 2.05 bits per heavy atom. The number of rotatable bonds is 5. The molecule has 0 aliphatic heterocycles. The van der Waals surface area contributed by atoms with Crippen LogP contribution in [-0.2, 0) is 25.6 Å². The quantitative estimate of drug-likeness (QED) is 0.796. The van der Waals surface area contributed by atoms with E-state index in [1.807, 2.05) is 6.92 Å². The molecular formula is C9H11ClN4O4S3. The molecule has 2 aromatic rings. The van der Waals surface area contributed by atoms with Crippen molar-refractivity contribution in [3.63, 3.8) is 0 Å². The maximum Gasteiger partial charge on any atom is 0.282 e. The number of hydrogen-bond acceptors (Lipinski definition) is 7. The van der Waals surface area contributed by atoms with Crippen molar-refractivity contribution in [1.82, 2.24) is 14.5 Å². The summed E-state index contributed by atoms with van der Waals surface area (Å²) < 4.78 is 50.4. The lowest BCUT2D eigenvalue weighted by atomic mass is 10.6. The molecule has 0 aliphatic rings. The molecule has 116 valence electrons. The van der Waals surface area contributed by atoms with Crippen LogP contribution in [0.4, 0.5) is 5.13 Å². The molecule has 21 heavy (non-hydrogen) atoms. The Kier molecular flexibility index (Phi) is 4.29. The number of nitrogens with zero attached hydrogens (tertiary/aromatic N) is 3. The van der Waals surface area contributed by atoms with Crippen LogP contribution >= 0.6 is 22.0 Å². The van der Waals surface area contributed by atoms with E-state index >= 15 is 0 Å². The number of aromatic nitrogens is 3. The minimum atomic E-state index is -3.96. The highest BCUT2D eigenvalue weighted by atomic mass is 35.7. The van der Waals surface area contributed by atoms with Crippen LogP contribution in [0.2, 0.25) is 0 Å². The molecule has 0 spiro atoms. The maximum atomic E-state index is 12.1. The van der Waals surface area contributed by atoms with E-state index in [4.69, 9.17) is 10.7 Å². The maximum absolute atomic E-state index is 12.1. The van der Waals surface area contributed by atoms with Crippen molar-refractivity contribution < 1.29 is 16.8 Å². The summed E-state index contributed by atoms with van der Waals surface area (Å²) in [7, 11) is -2.65. The Morgan fingerprint density at radius 1 is 1.38 bits per heavy atom. The first kappa shape index (κ1) is 16.2. The fourth-order valence-electron chi connectivity index (χ4n) is 1.47. The molecule has 0 aliphatic carbocycles. The van der Waals surface area contributed by atoms with Crippen LogP contribution in [0.1, 0.15) is 12.6 Å². The second-order valence-corrected chi connectivity index (χ2v) is 9.37. The molecule has 0 radical (unpaired) electrons. The van der Waals surface area contributed by atoms with Gasteiger partial charge in [-0.25, -0.2) is 18.4 Å². The lowest BCUT2D eigenvalue weighted by Gasteiger charge is -2.00. The molecular weight excluding hydrogens is 360 g/mol. The summed E-state index contributed by atoms with van der Waals surface area (Å²) in [6.07, 6.45) is 2.75. The third-order valence-electron chi connectivity index (χ3n) is 2.45. The van der Waals surface area contributed by atoms with Crippen molar-refractivity contribution in [3.05, 3.63) is 18.2 Å². The van der Waals surface area contributed by atoms with Gasteiger partial charge >= 0.3 is 0 Å². The first-order chi connectivity index (χ1) is 9.63. The zero-order valence-electron chi connectivity index (χ0n) is 10.9. The van der Waals surface area contributed by atoms with E-state index in [-0.39, 0.29) is 20.1 Å². The van der Waals surface area contributed by atoms with Crippen molar-refractivity contribution in [2.45, 2.75) is 29.6 Å². The average Bonchev–Trinajstić information content (AvgIpc) is 2.94. The molecule has 0 atom stereocenters. The molecule has 0 bridgehead atoms. The number of nitrogens with one attached hydrogen (secondary N) is 1. The van der Waals surface area contributed by atoms with Crippen molar-refractivity contribution in [1.29, 1.82) is 0 Å². The molecule has 12 heteroatoms. The summed E-state index contributed by atoms with van der Waals surface area (Å²) in [6.45, 7) is 3.84. The molecule has 0 fully saturated rings. The molecule has 0 saturated heterocycles. The summed E-state index contributed by atoms with van der Waals surface area (Å²) in [5.74, 6) is 0. The van der Waals surface area contributed by atoms with E-state index in [0.717, 1.165) is 0 Å². The minimum Gasteiger partial charge on any atom is -0.336 e. The van der Waals surface area contributed by atoms with Crippen LogP contribution in [0.15, 0.2) is 21.8 Å². The van der Waals surface area contributed by atoms with Crippen molar-refractivity contribution >= 4 is 46.2 Å². The van der Waals surface area contributed by atoms with Gasteiger partial charge in [-0.1, -0.05) is 11.3 Å². The molecule has 2 rings (SSSR count). The van der Waals surface area contributed by atoms with Gasteiger partial charge in [0, 0.05) is 23.4 Å². The standard InChI is InChI=1S/C9H11ClN4O4S3/c1-3-14-4-7(11-5-14)21(17,18)13-9-12-6(2)8(19-9)20(10,15)16/h4-5H,3H2,1-2H3,(H,12,13). The van der Waals surface area contributed by atoms with Gasteiger partial charge in [-0.15, -0.1) is 0 Å². The zero-order chi connectivity index (χ0) is 15.8. The Balaban J connectivity index is 2.33. The highest BCUT2D eigenvalue weighted by Crippen LogP contribution is 2.30. The Hall–Kier alpha value is -1.17. The van der Waals surface area contributed by atoms with Crippen LogP contribution in [0.3, 0.4) is 0 Å². The van der Waals surface area contributed by atoms with Crippen LogP contribution < -0.4 is 4.72 Å². The smallest absolute Gasteiger partial charge is 0.282 e. The molecule has 0 unspecified atom stereocenters. The van der Waals surface area contributed by atoms with Crippen molar-refractivity contribution in [2.75, 3.05) is 4.72 Å². The summed E-state index contributed by atoms with van der Waals surface area (Å²) in [5.41, 5.74) is 0.131. The van der Waals surface area contributed by atoms with Gasteiger partial charge < -0.3 is 4.57 Å². The van der Waals surface area contributed by atoms with Crippen molar-refractivity contribution in [3.8, 4) is 0 Å². The third kappa shape index (κ3) is 3.54. The Morgan fingerprint density at radius 3 is 2.52 bits per heavy atom. The molecule has 8 nitrogen and oxygen atoms in total. The monoisotopic (exact) mass is 370 g/mol. The van der Waals surface area contributed by atoms with Gasteiger partial charge in [0.1, 0.15) is 0 Å². The largest absolute Gasteiger partial charge is 0.336 e. The number of anilines is 1. The molecule has 1 N–H and O–H groups in total. The molecule has 0 amide bonds. The highest BCUT2D eigenvalue weighted by Gasteiger charge is 2.23. The summed E-state index contributed by atoms with van der Waals surface area (Å²) in [5, 5.41) is -0.259. The first-order valence-electron chi connectivity index (χ1n) is 5.60. The van der Waals surface area contributed by atoms with E-state index < -0.39 is 19.1 Å². The number of hydrogen-bond donors (Lipinski definition) is 1. The third-order valence-corrected chi connectivity index (χ3v) is 7.05. The predicted molar refractivity (Wildman–Crippen MR) is 78.6 cm³/mol. The number of aryl methyl sites for hydroxylation is 2. The molecule has 0 saturated carbocycles. The topological polar surface area (TPSA) is 111 Å². The molecule has 2 aromatic heterocycles. The van der Waals surface area contributed by atoms with Gasteiger partial charge in [0.2, 0.25) is 0 Å². The van der Waals surface area contributed by atoms with E-state index in [2.05, 4.69) is 14.7 Å². The van der Waals surface area contributed by atoms with Gasteiger partial charge in [-0.3, -0.25) is 4.72 Å². The fourth-order valence-corrected chi connectivity index (χ4v) is 5.01. The average molecular weight is 371 g/mol. The summed E-state index contributed by atoms with van der Waals surface area (Å²) in [6, 6.07) is 0. The Labute approximate surface area is 130 Å². The second-order valence-electron chi connectivity index (χ2n) is 3.98. The zero-order valence-corrected chi connectivity index (χ0v) is 14.1. The van der Waals surface area contributed by atoms with Gasteiger partial charge in [-0.2, -0.15) is 8.42 Å². The lowest BCUT2D eigenvalue weighted by molar-refractivity contribution is 0.597. The van der Waals surface area contributed by atoms with E-state index in [1.54, 1.807) is 4.57 Å². The number of halogens is 1. The van der Waals surface area contributed by atoms with E-state index in [0.29, 0.717) is 17.9 Å². The first-order valence-corrected chi connectivity index (χ1v) is 10.2. The molecule has 2 heterocycles. The number of thiazole rings is 1. The Bertz CT molecular complexity index is 869. The van der Waals surface area contributed by atoms with Crippen LogP contribution in [-0.4, -0.2) is 31.4 Å². The van der Waals surface area contributed by atoms with Crippen LogP contribution in [0.5, 0.6) is 0 Å². The lowest BCUT2D eigenvalue weighted by Crippen LogP contribution is -2.13. The summed E-state index contributed by atoms with van der Waals surface area (Å²) in [4.78, 5) is 7.62. The van der Waals surface area contributed by atoms with Crippen molar-refractivity contribution in [2.24, 2.45) is 0 Å². The SMILES string of the molecule is CCn1cnc(S(=O)(=O)Nc2nc(C)c(S(=O)(=O)Cl)s2)c1. The number of imidazole rings is 1. The second kappa shape index (κ2) is 5.55. The highest BCUT2D eigenvalue weighted by molar-refractivity contribution is 8.15. The number of sulfonamides is 1. The summed E-state index contributed by atoms with van der Waals surface area (Å²) >= 11 is 0.645. The minimum absolute atomic E-state index is 0.0854. The van der Waals surface area contributed by atoms with Gasteiger partial charge in [0.15, 0.2) is 14.4 Å². The van der Waals surface area contributed by atoms with Crippen LogP contribution in [0.25, 0.3) is 0 Å². The molecule has 0 aromatic carbocycles. The fraction of sp³-hybridized carbons (Fsp3) is 0.333. The van der Waals surface area contributed by atoms with E-state index in [9.17, 15) is 16.8 Å².